The molecule has 1 aromatic carbocycles. The monoisotopic (exact) mass is 483 g/mol. The van der Waals surface area contributed by atoms with Crippen LogP contribution < -0.4 is 10.9 Å². The van der Waals surface area contributed by atoms with Crippen LogP contribution in [0.25, 0.3) is 11.0 Å². The highest BCUT2D eigenvalue weighted by Crippen LogP contribution is 2.22. The molecular formula is C27H22ClN5O2. The number of nitrogens with one attached hydrogen (secondary N) is 2. The third-order valence-corrected chi connectivity index (χ3v) is 6.04. The highest BCUT2D eigenvalue weighted by Gasteiger charge is 2.09. The zero-order valence-corrected chi connectivity index (χ0v) is 19.5. The summed E-state index contributed by atoms with van der Waals surface area (Å²) in [5.41, 5.74) is 5.00. The van der Waals surface area contributed by atoms with Crippen LogP contribution in [0.4, 0.5) is 0 Å². The van der Waals surface area contributed by atoms with Crippen molar-refractivity contribution in [2.45, 2.75) is 19.5 Å². The zero-order chi connectivity index (χ0) is 24.2. The van der Waals surface area contributed by atoms with E-state index in [2.05, 4.69) is 20.3 Å². The topological polar surface area (TPSA) is 92.7 Å². The third-order valence-electron chi connectivity index (χ3n) is 5.73. The molecule has 0 spiro atoms. The standard InChI is InChI=1S/C27H22ClN5O2/c28-24-16-31-26-23(24)12-20(14-30-26)15-32-27(35)21-8-9-29-22(13-21)11-18-4-6-19(7-5-18)17-33-10-2-1-3-25(33)34/h1-10,12-14,16H,11,15,17H2,(H,30,31)(H,32,35). The Morgan fingerprint density at radius 2 is 1.83 bits per heavy atom. The predicted octanol–water partition coefficient (Wildman–Crippen LogP) is 4.34. The molecule has 5 aromatic rings. The van der Waals surface area contributed by atoms with Crippen molar-refractivity contribution in [1.29, 1.82) is 0 Å². The summed E-state index contributed by atoms with van der Waals surface area (Å²) >= 11 is 6.16. The van der Waals surface area contributed by atoms with Gasteiger partial charge in [-0.25, -0.2) is 4.98 Å². The molecule has 1 amide bonds. The summed E-state index contributed by atoms with van der Waals surface area (Å²) in [6, 6.07) is 18.6. The first-order valence-corrected chi connectivity index (χ1v) is 11.5. The molecular weight excluding hydrogens is 462 g/mol. The number of hydrogen-bond acceptors (Lipinski definition) is 4. The Hall–Kier alpha value is -4.23. The number of hydrogen-bond donors (Lipinski definition) is 2. The number of amides is 1. The molecule has 2 N–H and O–H groups in total. The molecule has 0 radical (unpaired) electrons. The van der Waals surface area contributed by atoms with E-state index in [1.807, 2.05) is 36.4 Å². The lowest BCUT2D eigenvalue weighted by molar-refractivity contribution is 0.0950. The molecule has 4 aromatic heterocycles. The van der Waals surface area contributed by atoms with Gasteiger partial charge in [0.1, 0.15) is 5.65 Å². The van der Waals surface area contributed by atoms with E-state index in [4.69, 9.17) is 11.6 Å². The number of benzene rings is 1. The van der Waals surface area contributed by atoms with Gasteiger partial charge in [0.05, 0.1) is 11.6 Å². The van der Waals surface area contributed by atoms with Crippen LogP contribution in [-0.4, -0.2) is 25.4 Å². The summed E-state index contributed by atoms with van der Waals surface area (Å²) in [5, 5.41) is 4.35. The Bertz CT molecular complexity index is 1560. The molecule has 0 saturated heterocycles. The zero-order valence-electron chi connectivity index (χ0n) is 18.7. The smallest absolute Gasteiger partial charge is 0.251 e. The van der Waals surface area contributed by atoms with Crippen molar-refractivity contribution >= 4 is 28.5 Å². The highest BCUT2D eigenvalue weighted by molar-refractivity contribution is 6.35. The van der Waals surface area contributed by atoms with Crippen LogP contribution >= 0.6 is 11.6 Å². The maximum atomic E-state index is 12.7. The Morgan fingerprint density at radius 3 is 2.66 bits per heavy atom. The van der Waals surface area contributed by atoms with Crippen LogP contribution in [0.1, 0.15) is 32.7 Å². The number of aromatic nitrogens is 4. The number of nitrogens with zero attached hydrogens (tertiary/aromatic N) is 3. The molecule has 35 heavy (non-hydrogen) atoms. The summed E-state index contributed by atoms with van der Waals surface area (Å²) in [6.45, 7) is 0.861. The van der Waals surface area contributed by atoms with E-state index >= 15 is 0 Å². The lowest BCUT2D eigenvalue weighted by atomic mass is 10.1. The fraction of sp³-hybridized carbons (Fsp3) is 0.111. The number of fused-ring (bicyclic) bond motifs is 1. The van der Waals surface area contributed by atoms with Crippen molar-refractivity contribution in [2.75, 3.05) is 0 Å². The van der Waals surface area contributed by atoms with Crippen LogP contribution in [0.15, 0.2) is 90.2 Å². The average molecular weight is 484 g/mol. The number of pyridine rings is 3. The second kappa shape index (κ2) is 9.95. The van der Waals surface area contributed by atoms with Gasteiger partial charge >= 0.3 is 0 Å². The van der Waals surface area contributed by atoms with Gasteiger partial charge in [-0.2, -0.15) is 0 Å². The lowest BCUT2D eigenvalue weighted by Crippen LogP contribution is -2.23. The Morgan fingerprint density at radius 1 is 1.00 bits per heavy atom. The molecule has 0 atom stereocenters. The SMILES string of the molecule is O=C(NCc1cnc2[nH]cc(Cl)c2c1)c1ccnc(Cc2ccc(Cn3ccccc3=O)cc2)c1. The summed E-state index contributed by atoms with van der Waals surface area (Å²) in [7, 11) is 0. The van der Waals surface area contributed by atoms with Crippen molar-refractivity contribution < 1.29 is 4.79 Å². The van der Waals surface area contributed by atoms with Gasteiger partial charge in [-0.3, -0.25) is 14.6 Å². The molecule has 0 unspecified atom stereocenters. The summed E-state index contributed by atoms with van der Waals surface area (Å²) in [4.78, 5) is 36.4. The fourth-order valence-corrected chi connectivity index (χ4v) is 4.07. The first-order chi connectivity index (χ1) is 17.0. The van der Waals surface area contributed by atoms with E-state index in [9.17, 15) is 9.59 Å². The number of carbonyl (C=O) groups excluding carboxylic acids is 1. The molecule has 8 heteroatoms. The van der Waals surface area contributed by atoms with Crippen LogP contribution in [0.2, 0.25) is 5.02 Å². The molecule has 0 aliphatic carbocycles. The molecule has 0 aliphatic rings. The van der Waals surface area contributed by atoms with E-state index in [-0.39, 0.29) is 11.5 Å². The minimum atomic E-state index is -0.183. The van der Waals surface area contributed by atoms with E-state index in [1.54, 1.807) is 53.6 Å². The van der Waals surface area contributed by atoms with Gasteiger partial charge in [0.2, 0.25) is 0 Å². The van der Waals surface area contributed by atoms with E-state index in [0.29, 0.717) is 35.7 Å². The number of rotatable bonds is 7. The lowest BCUT2D eigenvalue weighted by Gasteiger charge is -2.08. The number of H-pyrrole nitrogens is 1. The minimum absolute atomic E-state index is 0.0269. The van der Waals surface area contributed by atoms with Crippen molar-refractivity contribution in [3.63, 3.8) is 0 Å². The van der Waals surface area contributed by atoms with Gasteiger partial charge in [-0.1, -0.05) is 41.9 Å². The van der Waals surface area contributed by atoms with Gasteiger partial charge in [0.15, 0.2) is 0 Å². The molecule has 4 heterocycles. The number of halogens is 1. The Labute approximate surface area is 206 Å². The van der Waals surface area contributed by atoms with Crippen molar-refractivity contribution in [2.24, 2.45) is 0 Å². The van der Waals surface area contributed by atoms with Crippen molar-refractivity contribution in [3.05, 3.63) is 129 Å². The highest BCUT2D eigenvalue weighted by atomic mass is 35.5. The van der Waals surface area contributed by atoms with Crippen LogP contribution in [0.3, 0.4) is 0 Å². The van der Waals surface area contributed by atoms with E-state index in [1.165, 1.54) is 0 Å². The number of carbonyl (C=O) groups is 1. The number of aromatic amines is 1. The Kier molecular flexibility index (Phi) is 6.41. The second-order valence-corrected chi connectivity index (χ2v) is 8.66. The molecule has 0 bridgehead atoms. The quantitative estimate of drug-likeness (QED) is 0.360. The van der Waals surface area contributed by atoms with Crippen molar-refractivity contribution in [1.82, 2.24) is 24.8 Å². The molecule has 0 saturated carbocycles. The van der Waals surface area contributed by atoms with Gasteiger partial charge < -0.3 is 14.9 Å². The Balaban J connectivity index is 1.22. The van der Waals surface area contributed by atoms with Gasteiger partial charge in [-0.05, 0) is 41.0 Å². The van der Waals surface area contributed by atoms with Crippen molar-refractivity contribution in [3.8, 4) is 0 Å². The second-order valence-electron chi connectivity index (χ2n) is 8.25. The van der Waals surface area contributed by atoms with Gasteiger partial charge in [-0.15, -0.1) is 0 Å². The maximum absolute atomic E-state index is 12.7. The summed E-state index contributed by atoms with van der Waals surface area (Å²) in [6.07, 6.45) is 7.43. The fourth-order valence-electron chi connectivity index (χ4n) is 3.87. The van der Waals surface area contributed by atoms with Gasteiger partial charge in [0, 0.05) is 60.5 Å². The van der Waals surface area contributed by atoms with Crippen LogP contribution in [-0.2, 0) is 19.5 Å². The average Bonchev–Trinajstić information content (AvgIpc) is 3.25. The normalized spacial score (nSPS) is 11.0. The molecule has 5 rings (SSSR count). The van der Waals surface area contributed by atoms with E-state index < -0.39 is 0 Å². The molecule has 0 aliphatic heterocycles. The predicted molar refractivity (Wildman–Crippen MR) is 136 cm³/mol. The summed E-state index contributed by atoms with van der Waals surface area (Å²) < 4.78 is 1.67. The third kappa shape index (κ3) is 5.31. The van der Waals surface area contributed by atoms with Crippen LogP contribution in [0.5, 0.6) is 0 Å². The van der Waals surface area contributed by atoms with Gasteiger partial charge in [0.25, 0.3) is 11.5 Å². The summed E-state index contributed by atoms with van der Waals surface area (Å²) in [5.74, 6) is -0.183. The molecule has 0 fully saturated rings. The van der Waals surface area contributed by atoms with Crippen LogP contribution in [0, 0.1) is 0 Å². The van der Waals surface area contributed by atoms with E-state index in [0.717, 1.165) is 27.8 Å². The largest absolute Gasteiger partial charge is 0.348 e. The maximum Gasteiger partial charge on any atom is 0.251 e. The molecule has 7 nitrogen and oxygen atoms in total. The minimum Gasteiger partial charge on any atom is -0.348 e. The first kappa shape index (κ1) is 22.6. The first-order valence-electron chi connectivity index (χ1n) is 11.1. The molecule has 174 valence electrons.